The second-order valence-corrected chi connectivity index (χ2v) is 1.23. The van der Waals surface area contributed by atoms with Crippen LogP contribution in [-0.4, -0.2) is 17.9 Å². The van der Waals surface area contributed by atoms with Crippen LogP contribution in [0.1, 0.15) is 13.8 Å². The summed E-state index contributed by atoms with van der Waals surface area (Å²) in [7, 11) is 0. The molecule has 0 radical (unpaired) electrons. The van der Waals surface area contributed by atoms with Gasteiger partial charge in [-0.3, -0.25) is 5.32 Å². The molecule has 0 aromatic heterocycles. The maximum absolute atomic E-state index is 8.44. The minimum Gasteiger partial charge on any atom is -0.379 e. The van der Waals surface area contributed by atoms with E-state index in [0.717, 1.165) is 6.54 Å². The van der Waals surface area contributed by atoms with Crippen molar-refractivity contribution in [3.63, 3.8) is 0 Å². The Balaban J connectivity index is 2.63. The van der Waals surface area contributed by atoms with Crippen LogP contribution in [0.4, 0.5) is 0 Å². The van der Waals surface area contributed by atoms with Crippen LogP contribution in [0.25, 0.3) is 0 Å². The zero-order chi connectivity index (χ0) is 4.99. The lowest BCUT2D eigenvalue weighted by molar-refractivity contribution is 0.159. The highest BCUT2D eigenvalue weighted by Gasteiger charge is 1.83. The number of aliphatic hydroxyl groups excluding tert-OH is 1. The fourth-order valence-electron chi connectivity index (χ4n) is 0.295. The number of hydrogen-bond donors (Lipinski definition) is 2. The van der Waals surface area contributed by atoms with Gasteiger partial charge < -0.3 is 5.11 Å². The van der Waals surface area contributed by atoms with Crippen LogP contribution in [0.15, 0.2) is 0 Å². The van der Waals surface area contributed by atoms with Crippen LogP contribution in [-0.2, 0) is 0 Å². The summed E-state index contributed by atoms with van der Waals surface area (Å²) in [5, 5.41) is 11.2. The second-order valence-electron chi connectivity index (χ2n) is 1.23. The lowest BCUT2D eigenvalue weighted by Crippen LogP contribution is -2.24. The van der Waals surface area contributed by atoms with Gasteiger partial charge in [-0.1, -0.05) is 6.92 Å². The van der Waals surface area contributed by atoms with Crippen LogP contribution in [0, 0.1) is 0 Å². The van der Waals surface area contributed by atoms with Gasteiger partial charge in [-0.2, -0.15) is 0 Å². The van der Waals surface area contributed by atoms with E-state index in [4.69, 9.17) is 5.11 Å². The summed E-state index contributed by atoms with van der Waals surface area (Å²) in [6, 6.07) is 0. The molecule has 0 amide bonds. The Bertz CT molecular complexity index is 28.7. The third-order valence-corrected chi connectivity index (χ3v) is 0.500. The minimum atomic E-state index is -0.352. The molecule has 38 valence electrons. The summed E-state index contributed by atoms with van der Waals surface area (Å²) in [6.07, 6.45) is -0.352. The van der Waals surface area contributed by atoms with E-state index in [1.807, 2.05) is 6.92 Å². The highest BCUT2D eigenvalue weighted by molar-refractivity contribution is 4.36. The molecule has 0 saturated carbocycles. The summed E-state index contributed by atoms with van der Waals surface area (Å²) in [5.74, 6) is 0. The highest BCUT2D eigenvalue weighted by atomic mass is 16.3. The maximum atomic E-state index is 8.44. The first-order chi connectivity index (χ1) is 2.77. The molecule has 0 bridgehead atoms. The van der Waals surface area contributed by atoms with Crippen molar-refractivity contribution < 1.29 is 5.11 Å². The molecule has 0 saturated heterocycles. The molecule has 2 N–H and O–H groups in total. The van der Waals surface area contributed by atoms with E-state index in [0.29, 0.717) is 0 Å². The Morgan fingerprint density at radius 2 is 2.33 bits per heavy atom. The Hall–Kier alpha value is -0.0800. The zero-order valence-electron chi connectivity index (χ0n) is 4.23. The molecule has 6 heavy (non-hydrogen) atoms. The molecule has 0 aromatic rings. The van der Waals surface area contributed by atoms with Crippen molar-refractivity contribution in [2.45, 2.75) is 20.1 Å². The minimum absolute atomic E-state index is 0.352. The largest absolute Gasteiger partial charge is 0.379 e. The second kappa shape index (κ2) is 3.12. The normalized spacial score (nSPS) is 14.5. The molecular formula is C4H11NO. The topological polar surface area (TPSA) is 32.3 Å². The van der Waals surface area contributed by atoms with Crippen LogP contribution >= 0.6 is 0 Å². The first-order valence-electron chi connectivity index (χ1n) is 2.18. The van der Waals surface area contributed by atoms with Crippen molar-refractivity contribution in [3.05, 3.63) is 0 Å². The van der Waals surface area contributed by atoms with Crippen LogP contribution < -0.4 is 5.32 Å². The van der Waals surface area contributed by atoms with Gasteiger partial charge in [-0.15, -0.1) is 0 Å². The predicted octanol–water partition coefficient (Wildman–Crippen LogP) is -0.0658. The summed E-state index contributed by atoms with van der Waals surface area (Å²) in [5.41, 5.74) is 0. The van der Waals surface area contributed by atoms with Gasteiger partial charge in [-0.25, -0.2) is 0 Å². The smallest absolute Gasteiger partial charge is 0.102 e. The first kappa shape index (κ1) is 5.92. The van der Waals surface area contributed by atoms with Crippen molar-refractivity contribution in [1.29, 1.82) is 0 Å². The summed E-state index contributed by atoms with van der Waals surface area (Å²) in [4.78, 5) is 0. The van der Waals surface area contributed by atoms with E-state index in [-0.39, 0.29) is 6.23 Å². The van der Waals surface area contributed by atoms with Gasteiger partial charge in [0.2, 0.25) is 0 Å². The Morgan fingerprint density at radius 3 is 2.33 bits per heavy atom. The maximum Gasteiger partial charge on any atom is 0.102 e. The summed E-state index contributed by atoms with van der Waals surface area (Å²) < 4.78 is 0. The average molecular weight is 89.1 g/mol. The van der Waals surface area contributed by atoms with E-state index < -0.39 is 0 Å². The lowest BCUT2D eigenvalue weighted by atomic mass is 10.6. The van der Waals surface area contributed by atoms with Gasteiger partial charge in [0.25, 0.3) is 0 Å². The lowest BCUT2D eigenvalue weighted by Gasteiger charge is -2.00. The van der Waals surface area contributed by atoms with Gasteiger partial charge in [-0.05, 0) is 13.5 Å². The molecule has 1 unspecified atom stereocenters. The van der Waals surface area contributed by atoms with Gasteiger partial charge in [0, 0.05) is 0 Å². The molecule has 1 atom stereocenters. The average Bonchev–Trinajstić information content (AvgIpc) is 1.35. The van der Waals surface area contributed by atoms with E-state index in [9.17, 15) is 0 Å². The van der Waals surface area contributed by atoms with Crippen LogP contribution in [0.2, 0.25) is 0 Å². The Kier molecular flexibility index (Phi) is 3.08. The van der Waals surface area contributed by atoms with Gasteiger partial charge in [0.15, 0.2) is 0 Å². The summed E-state index contributed by atoms with van der Waals surface area (Å²) in [6.45, 7) is 4.48. The van der Waals surface area contributed by atoms with Crippen molar-refractivity contribution in [1.82, 2.24) is 5.32 Å². The van der Waals surface area contributed by atoms with Gasteiger partial charge >= 0.3 is 0 Å². The van der Waals surface area contributed by atoms with Crippen LogP contribution in [0.3, 0.4) is 0 Å². The number of rotatable bonds is 2. The molecular weight excluding hydrogens is 78.0 g/mol. The van der Waals surface area contributed by atoms with Gasteiger partial charge in [0.1, 0.15) is 6.23 Å². The van der Waals surface area contributed by atoms with Crippen molar-refractivity contribution in [2.24, 2.45) is 0 Å². The Labute approximate surface area is 38.2 Å². The monoisotopic (exact) mass is 89.1 g/mol. The van der Waals surface area contributed by atoms with E-state index in [2.05, 4.69) is 5.32 Å². The molecule has 2 nitrogen and oxygen atoms in total. The molecule has 2 heteroatoms. The molecule has 0 heterocycles. The SMILES string of the molecule is CCNC(C)O. The number of nitrogens with one attached hydrogen (secondary N) is 1. The fourth-order valence-corrected chi connectivity index (χ4v) is 0.295. The Morgan fingerprint density at radius 1 is 1.83 bits per heavy atom. The van der Waals surface area contributed by atoms with Crippen molar-refractivity contribution >= 4 is 0 Å². The third-order valence-electron chi connectivity index (χ3n) is 0.500. The first-order valence-corrected chi connectivity index (χ1v) is 2.18. The van der Waals surface area contributed by atoms with Crippen molar-refractivity contribution in [3.8, 4) is 0 Å². The number of hydrogen-bond acceptors (Lipinski definition) is 2. The molecule has 0 aliphatic rings. The molecule has 0 fully saturated rings. The van der Waals surface area contributed by atoms with E-state index in [1.165, 1.54) is 0 Å². The van der Waals surface area contributed by atoms with E-state index in [1.54, 1.807) is 6.92 Å². The molecule has 0 rings (SSSR count). The molecule has 0 aromatic carbocycles. The number of aliphatic hydroxyl groups is 1. The third kappa shape index (κ3) is 3.92. The molecule has 0 spiro atoms. The van der Waals surface area contributed by atoms with Crippen LogP contribution in [0.5, 0.6) is 0 Å². The molecule has 0 aliphatic heterocycles. The van der Waals surface area contributed by atoms with Gasteiger partial charge in [0.05, 0.1) is 0 Å². The van der Waals surface area contributed by atoms with E-state index >= 15 is 0 Å². The van der Waals surface area contributed by atoms with Crippen molar-refractivity contribution in [2.75, 3.05) is 6.54 Å². The zero-order valence-corrected chi connectivity index (χ0v) is 4.23. The standard InChI is InChI=1S/C4H11NO/c1-3-5-4(2)6/h4-6H,3H2,1-2H3. The fraction of sp³-hybridized carbons (Fsp3) is 1.00. The quantitative estimate of drug-likeness (QED) is 0.464. The molecule has 0 aliphatic carbocycles. The summed E-state index contributed by atoms with van der Waals surface area (Å²) >= 11 is 0. The predicted molar refractivity (Wildman–Crippen MR) is 25.4 cm³/mol. The highest BCUT2D eigenvalue weighted by Crippen LogP contribution is 1.65.